The van der Waals surface area contributed by atoms with Crippen LogP contribution < -0.4 is 10.6 Å². The number of pyridine rings is 1. The Morgan fingerprint density at radius 1 is 1.00 bits per heavy atom. The minimum Gasteiger partial charge on any atom is -0.381 e. The standard InChI is InChI=1S/C24H25ClFN3/c25-23-16-28-24(29-20-9-5-2-6-10-20)14-22(23)18-11-19(26)13-21(12-18)27-15-17-7-3-1-4-8-17/h1,3-4,7-8,11-14,16,20,27H,2,5-6,9-10,15H2,(H,28,29). The highest BCUT2D eigenvalue weighted by Crippen LogP contribution is 2.32. The van der Waals surface area contributed by atoms with Crippen molar-refractivity contribution in [1.82, 2.24) is 4.98 Å². The summed E-state index contributed by atoms with van der Waals surface area (Å²) in [5.41, 5.74) is 3.37. The van der Waals surface area contributed by atoms with Crippen LogP contribution in [-0.2, 0) is 6.54 Å². The maximum atomic E-state index is 14.3. The zero-order valence-corrected chi connectivity index (χ0v) is 17.1. The zero-order valence-electron chi connectivity index (χ0n) is 16.3. The number of nitrogens with one attached hydrogen (secondary N) is 2. The smallest absolute Gasteiger partial charge is 0.126 e. The Labute approximate surface area is 176 Å². The molecule has 0 atom stereocenters. The lowest BCUT2D eigenvalue weighted by Crippen LogP contribution is -2.22. The third kappa shape index (κ3) is 5.27. The molecule has 1 aliphatic rings. The molecule has 1 fully saturated rings. The van der Waals surface area contributed by atoms with Gasteiger partial charge in [-0.1, -0.05) is 61.2 Å². The summed E-state index contributed by atoms with van der Waals surface area (Å²) in [6.07, 6.45) is 7.76. The molecule has 0 spiro atoms. The first-order valence-corrected chi connectivity index (χ1v) is 10.6. The van der Waals surface area contributed by atoms with Crippen molar-refractivity contribution in [3.05, 3.63) is 77.2 Å². The molecule has 5 heteroatoms. The van der Waals surface area contributed by atoms with E-state index in [4.69, 9.17) is 11.6 Å². The first-order valence-electron chi connectivity index (χ1n) is 10.2. The minimum atomic E-state index is -0.298. The fraction of sp³-hybridized carbons (Fsp3) is 0.292. The van der Waals surface area contributed by atoms with E-state index in [-0.39, 0.29) is 5.82 Å². The van der Waals surface area contributed by atoms with Gasteiger partial charge in [-0.2, -0.15) is 0 Å². The number of hydrogen-bond acceptors (Lipinski definition) is 3. The molecule has 0 radical (unpaired) electrons. The Morgan fingerprint density at radius 3 is 2.59 bits per heavy atom. The van der Waals surface area contributed by atoms with Gasteiger partial charge in [0, 0.05) is 30.0 Å². The fourth-order valence-electron chi connectivity index (χ4n) is 3.84. The average Bonchev–Trinajstić information content (AvgIpc) is 2.75. The van der Waals surface area contributed by atoms with Crippen molar-refractivity contribution < 1.29 is 4.39 Å². The summed E-state index contributed by atoms with van der Waals surface area (Å²) in [5, 5.41) is 7.33. The maximum Gasteiger partial charge on any atom is 0.126 e. The van der Waals surface area contributed by atoms with E-state index in [0.29, 0.717) is 17.6 Å². The Balaban J connectivity index is 1.55. The van der Waals surface area contributed by atoms with Crippen molar-refractivity contribution >= 4 is 23.1 Å². The van der Waals surface area contributed by atoms with E-state index < -0.39 is 0 Å². The summed E-state index contributed by atoms with van der Waals surface area (Å²) >= 11 is 6.42. The molecule has 29 heavy (non-hydrogen) atoms. The molecule has 0 aliphatic heterocycles. The number of hydrogen-bond donors (Lipinski definition) is 2. The van der Waals surface area contributed by atoms with Crippen LogP contribution in [0.5, 0.6) is 0 Å². The molecule has 1 saturated carbocycles. The van der Waals surface area contributed by atoms with Crippen LogP contribution in [-0.4, -0.2) is 11.0 Å². The van der Waals surface area contributed by atoms with E-state index in [0.717, 1.165) is 41.0 Å². The molecular weight excluding hydrogens is 385 g/mol. The van der Waals surface area contributed by atoms with Crippen molar-refractivity contribution in [2.24, 2.45) is 0 Å². The molecule has 3 aromatic rings. The molecule has 150 valence electrons. The summed E-state index contributed by atoms with van der Waals surface area (Å²) in [5.74, 6) is 0.493. The van der Waals surface area contributed by atoms with Gasteiger partial charge in [-0.15, -0.1) is 0 Å². The van der Waals surface area contributed by atoms with Gasteiger partial charge < -0.3 is 10.6 Å². The van der Waals surface area contributed by atoms with Crippen molar-refractivity contribution in [1.29, 1.82) is 0 Å². The van der Waals surface area contributed by atoms with E-state index >= 15 is 0 Å². The SMILES string of the molecule is Fc1cc(NCc2ccccc2)cc(-c2cc(NC3CCCCC3)ncc2Cl)c1. The van der Waals surface area contributed by atoms with Crippen LogP contribution in [0.25, 0.3) is 11.1 Å². The van der Waals surface area contributed by atoms with Gasteiger partial charge in [-0.3, -0.25) is 0 Å². The molecule has 1 aliphatic carbocycles. The van der Waals surface area contributed by atoms with Crippen LogP contribution in [0, 0.1) is 5.82 Å². The molecule has 0 amide bonds. The largest absolute Gasteiger partial charge is 0.381 e. The second-order valence-electron chi connectivity index (χ2n) is 7.60. The van der Waals surface area contributed by atoms with Crippen LogP contribution in [0.3, 0.4) is 0 Å². The quantitative estimate of drug-likeness (QED) is 0.465. The third-order valence-corrected chi connectivity index (χ3v) is 5.66. The van der Waals surface area contributed by atoms with Gasteiger partial charge in [-0.25, -0.2) is 9.37 Å². The van der Waals surface area contributed by atoms with Gasteiger partial charge in [0.1, 0.15) is 11.6 Å². The zero-order chi connectivity index (χ0) is 20.1. The highest BCUT2D eigenvalue weighted by molar-refractivity contribution is 6.33. The lowest BCUT2D eigenvalue weighted by Gasteiger charge is -2.23. The highest BCUT2D eigenvalue weighted by atomic mass is 35.5. The molecule has 3 nitrogen and oxygen atoms in total. The Hall–Kier alpha value is -2.59. The molecule has 2 N–H and O–H groups in total. The van der Waals surface area contributed by atoms with E-state index in [9.17, 15) is 4.39 Å². The van der Waals surface area contributed by atoms with Crippen LogP contribution in [0.4, 0.5) is 15.9 Å². The normalized spacial score (nSPS) is 14.6. The Morgan fingerprint density at radius 2 is 1.79 bits per heavy atom. The summed E-state index contributed by atoms with van der Waals surface area (Å²) in [7, 11) is 0. The van der Waals surface area contributed by atoms with Crippen LogP contribution in [0.2, 0.25) is 5.02 Å². The van der Waals surface area contributed by atoms with E-state index in [1.54, 1.807) is 6.20 Å². The first-order chi connectivity index (χ1) is 14.2. The van der Waals surface area contributed by atoms with Gasteiger partial charge >= 0.3 is 0 Å². The van der Waals surface area contributed by atoms with Gasteiger partial charge in [-0.05, 0) is 48.2 Å². The molecule has 1 aromatic heterocycles. The number of aromatic nitrogens is 1. The maximum absolute atomic E-state index is 14.3. The monoisotopic (exact) mass is 409 g/mol. The first kappa shape index (κ1) is 19.7. The molecule has 0 saturated heterocycles. The lowest BCUT2D eigenvalue weighted by molar-refractivity contribution is 0.462. The molecule has 4 rings (SSSR count). The Bertz CT molecular complexity index is 956. The Kier molecular flexibility index (Phi) is 6.30. The second kappa shape index (κ2) is 9.27. The predicted octanol–water partition coefficient (Wildman–Crippen LogP) is 6.90. The second-order valence-corrected chi connectivity index (χ2v) is 8.00. The van der Waals surface area contributed by atoms with E-state index in [1.807, 2.05) is 42.5 Å². The van der Waals surface area contributed by atoms with Crippen molar-refractivity contribution in [2.45, 2.75) is 44.7 Å². The molecular formula is C24H25ClFN3. The minimum absolute atomic E-state index is 0.298. The molecule has 1 heterocycles. The summed E-state index contributed by atoms with van der Waals surface area (Å²) < 4.78 is 14.3. The number of benzene rings is 2. The van der Waals surface area contributed by atoms with Gasteiger partial charge in [0.15, 0.2) is 0 Å². The van der Waals surface area contributed by atoms with Gasteiger partial charge in [0.2, 0.25) is 0 Å². The lowest BCUT2D eigenvalue weighted by atomic mass is 9.95. The van der Waals surface area contributed by atoms with Crippen LogP contribution in [0.15, 0.2) is 60.8 Å². The van der Waals surface area contributed by atoms with Crippen LogP contribution >= 0.6 is 11.6 Å². The molecule has 0 bridgehead atoms. The van der Waals surface area contributed by atoms with E-state index in [2.05, 4.69) is 15.6 Å². The molecule has 0 unspecified atom stereocenters. The van der Waals surface area contributed by atoms with Crippen LogP contribution in [0.1, 0.15) is 37.7 Å². The van der Waals surface area contributed by atoms with Gasteiger partial charge in [0.05, 0.1) is 5.02 Å². The summed E-state index contributed by atoms with van der Waals surface area (Å²) in [6.45, 7) is 0.627. The molecule has 2 aromatic carbocycles. The third-order valence-electron chi connectivity index (χ3n) is 5.36. The average molecular weight is 410 g/mol. The van der Waals surface area contributed by atoms with Gasteiger partial charge in [0.25, 0.3) is 0 Å². The number of rotatable bonds is 6. The number of nitrogens with zero attached hydrogens (tertiary/aromatic N) is 1. The predicted molar refractivity (Wildman–Crippen MR) is 119 cm³/mol. The van der Waals surface area contributed by atoms with Crippen molar-refractivity contribution in [3.8, 4) is 11.1 Å². The number of anilines is 2. The summed E-state index contributed by atoms with van der Waals surface area (Å²) in [6, 6.07) is 17.4. The van der Waals surface area contributed by atoms with Crippen molar-refractivity contribution in [2.75, 3.05) is 10.6 Å². The topological polar surface area (TPSA) is 37.0 Å². The fourth-order valence-corrected chi connectivity index (χ4v) is 4.05. The number of halogens is 2. The summed E-state index contributed by atoms with van der Waals surface area (Å²) in [4.78, 5) is 4.43. The van der Waals surface area contributed by atoms with E-state index in [1.165, 1.54) is 31.4 Å². The highest BCUT2D eigenvalue weighted by Gasteiger charge is 2.15. The van der Waals surface area contributed by atoms with Crippen molar-refractivity contribution in [3.63, 3.8) is 0 Å².